The third-order valence-electron chi connectivity index (χ3n) is 4.18. The molecule has 0 fully saturated rings. The van der Waals surface area contributed by atoms with Crippen molar-refractivity contribution < 1.29 is 19.5 Å². The molecule has 172 valence electrons. The third-order valence-corrected chi connectivity index (χ3v) is 6.21. The van der Waals surface area contributed by atoms with E-state index in [1.165, 1.54) is 30.0 Å². The van der Waals surface area contributed by atoms with E-state index in [2.05, 4.69) is 33.1 Å². The first-order valence-corrected chi connectivity index (χ1v) is 11.9. The molecule has 33 heavy (non-hydrogen) atoms. The van der Waals surface area contributed by atoms with Gasteiger partial charge in [-0.05, 0) is 43.3 Å². The number of nitrogens with one attached hydrogen (secondary N) is 2. The maximum absolute atomic E-state index is 12.8. The number of aromatic carboxylic acids is 1. The summed E-state index contributed by atoms with van der Waals surface area (Å²) < 4.78 is 0.578. The lowest BCUT2D eigenvalue weighted by Crippen LogP contribution is -2.17. The topological polar surface area (TPSA) is 95.5 Å². The summed E-state index contributed by atoms with van der Waals surface area (Å²) in [5, 5.41) is 15.1. The van der Waals surface area contributed by atoms with Crippen molar-refractivity contribution in [2.45, 2.75) is 13.3 Å². The van der Waals surface area contributed by atoms with Crippen LogP contribution in [0.15, 0.2) is 81.7 Å². The fraction of sp³-hybridized carbons (Fsp3) is 0.125. The normalized spacial score (nSPS) is 11.6. The number of benzene rings is 2. The second-order valence-corrected chi connectivity index (χ2v) is 8.99. The van der Waals surface area contributed by atoms with Crippen molar-refractivity contribution >= 4 is 68.5 Å². The van der Waals surface area contributed by atoms with Crippen molar-refractivity contribution in [3.63, 3.8) is 0 Å². The summed E-state index contributed by atoms with van der Waals surface area (Å²) in [5.74, 6) is -1.50. The fourth-order valence-electron chi connectivity index (χ4n) is 2.64. The molecule has 0 unspecified atom stereocenters. The first-order valence-electron chi connectivity index (χ1n) is 9.76. The van der Waals surface area contributed by atoms with Gasteiger partial charge >= 0.3 is 5.97 Å². The lowest BCUT2D eigenvalue weighted by molar-refractivity contribution is -0.112. The van der Waals surface area contributed by atoms with Crippen molar-refractivity contribution in [1.82, 2.24) is 0 Å². The van der Waals surface area contributed by atoms with Gasteiger partial charge in [-0.2, -0.15) is 0 Å². The summed E-state index contributed by atoms with van der Waals surface area (Å²) in [7, 11) is 0. The smallest absolute Gasteiger partial charge is 0.337 e. The quantitative estimate of drug-likeness (QED) is 0.227. The van der Waals surface area contributed by atoms with Crippen molar-refractivity contribution in [1.29, 1.82) is 0 Å². The first kappa shape index (κ1) is 26.4. The van der Waals surface area contributed by atoms with E-state index in [-0.39, 0.29) is 16.8 Å². The number of amides is 2. The van der Waals surface area contributed by atoms with Gasteiger partial charge in [0.1, 0.15) is 0 Å². The van der Waals surface area contributed by atoms with Gasteiger partial charge in [-0.25, -0.2) is 4.79 Å². The molecule has 2 amide bonds. The molecule has 2 rings (SSSR count). The molecule has 0 atom stereocenters. The van der Waals surface area contributed by atoms with Gasteiger partial charge in [-0.1, -0.05) is 51.8 Å². The Balaban J connectivity index is 2.22. The van der Waals surface area contributed by atoms with Crippen LogP contribution in [0.2, 0.25) is 0 Å². The Labute approximate surface area is 209 Å². The van der Waals surface area contributed by atoms with Crippen LogP contribution in [-0.4, -0.2) is 28.6 Å². The van der Waals surface area contributed by atoms with Gasteiger partial charge in [0.05, 0.1) is 16.2 Å². The summed E-state index contributed by atoms with van der Waals surface area (Å²) in [6, 6.07) is 10.9. The molecule has 0 aliphatic heterocycles. The minimum atomic E-state index is -1.17. The molecule has 2 aromatic carbocycles. The molecule has 2 aromatic rings. The predicted molar refractivity (Wildman–Crippen MR) is 139 cm³/mol. The number of thioether (sulfide) groups is 1. The highest BCUT2D eigenvalue weighted by Crippen LogP contribution is 2.27. The summed E-state index contributed by atoms with van der Waals surface area (Å²) in [6.07, 6.45) is 5.76. The highest BCUT2D eigenvalue weighted by atomic mass is 79.9. The van der Waals surface area contributed by atoms with Crippen LogP contribution in [0, 0.1) is 0 Å². The van der Waals surface area contributed by atoms with E-state index >= 15 is 0 Å². The molecule has 0 aliphatic rings. The van der Waals surface area contributed by atoms with E-state index in [0.717, 1.165) is 0 Å². The Morgan fingerprint density at radius 1 is 1.18 bits per heavy atom. The average molecular weight is 550 g/mol. The molecule has 0 bridgehead atoms. The lowest BCUT2D eigenvalue weighted by Gasteiger charge is -2.12. The molecule has 0 saturated heterocycles. The van der Waals surface area contributed by atoms with Gasteiger partial charge in [0.25, 0.3) is 11.8 Å². The van der Waals surface area contributed by atoms with Gasteiger partial charge in [0, 0.05) is 32.9 Å². The van der Waals surface area contributed by atoms with Gasteiger partial charge in [0.15, 0.2) is 0 Å². The third kappa shape index (κ3) is 7.92. The second-order valence-electron chi connectivity index (χ2n) is 6.59. The average Bonchev–Trinajstić information content (AvgIpc) is 2.78. The minimum absolute atomic E-state index is 0.0491. The first-order chi connectivity index (χ1) is 15.8. The van der Waals surface area contributed by atoms with E-state index < -0.39 is 17.8 Å². The Bertz CT molecular complexity index is 1130. The number of rotatable bonds is 10. The molecule has 0 spiro atoms. The molecule has 0 saturated carbocycles. The largest absolute Gasteiger partial charge is 0.478 e. The number of carboxylic acid groups (broad SMARTS) is 1. The highest BCUT2D eigenvalue weighted by molar-refractivity contribution is 9.10. The van der Waals surface area contributed by atoms with Crippen molar-refractivity contribution in [3.8, 4) is 0 Å². The number of hydrogen-bond acceptors (Lipinski definition) is 4. The molecular weight excluding hydrogens is 528 g/mol. The summed E-state index contributed by atoms with van der Waals surface area (Å²) in [4.78, 5) is 37.4. The molecule has 6 nitrogen and oxygen atoms in total. The highest BCUT2D eigenvalue weighted by Gasteiger charge is 2.17. The van der Waals surface area contributed by atoms with Crippen molar-refractivity contribution in [2.75, 3.05) is 16.4 Å². The molecule has 0 heterocycles. The van der Waals surface area contributed by atoms with E-state index in [0.29, 0.717) is 32.3 Å². The summed E-state index contributed by atoms with van der Waals surface area (Å²) >= 11 is 10.8. The number of carbonyl (C=O) groups excluding carboxylic acids is 2. The van der Waals surface area contributed by atoms with Gasteiger partial charge in [-0.15, -0.1) is 18.3 Å². The Hall–Kier alpha value is -2.81. The Morgan fingerprint density at radius 2 is 1.94 bits per heavy atom. The number of anilines is 2. The molecule has 0 aromatic heterocycles. The molecule has 0 aliphatic carbocycles. The molecular formula is C24H22BrClN2O4S. The SMILES string of the molecule is C=CC/C(Cl)=C(\SC/C=C\C)C(=O)Nc1cccc(C(=O)Nc2ccc(Br)cc2C(=O)O)c1. The number of halogens is 2. The van der Waals surface area contributed by atoms with Crippen LogP contribution in [0.3, 0.4) is 0 Å². The lowest BCUT2D eigenvalue weighted by atomic mass is 10.1. The van der Waals surface area contributed by atoms with Gasteiger partial charge in [-0.3, -0.25) is 9.59 Å². The molecule has 9 heteroatoms. The van der Waals surface area contributed by atoms with E-state index in [9.17, 15) is 19.5 Å². The van der Waals surface area contributed by atoms with E-state index in [4.69, 9.17) is 11.6 Å². The number of hydrogen-bond donors (Lipinski definition) is 3. The van der Waals surface area contributed by atoms with Gasteiger partial charge < -0.3 is 15.7 Å². The van der Waals surface area contributed by atoms with Crippen LogP contribution in [0.25, 0.3) is 0 Å². The number of carboxylic acids is 1. The molecule has 0 radical (unpaired) electrons. The fourth-order valence-corrected chi connectivity index (χ4v) is 4.23. The zero-order chi connectivity index (χ0) is 24.4. The van der Waals surface area contributed by atoms with E-state index in [1.807, 2.05) is 19.1 Å². The zero-order valence-corrected chi connectivity index (χ0v) is 20.9. The van der Waals surface area contributed by atoms with Gasteiger partial charge in [0.2, 0.25) is 0 Å². The second kappa shape index (κ2) is 13.0. The van der Waals surface area contributed by atoms with Crippen LogP contribution in [0.1, 0.15) is 34.1 Å². The maximum Gasteiger partial charge on any atom is 0.337 e. The van der Waals surface area contributed by atoms with Crippen LogP contribution in [0.5, 0.6) is 0 Å². The minimum Gasteiger partial charge on any atom is -0.478 e. The van der Waals surface area contributed by atoms with Crippen molar-refractivity contribution in [3.05, 3.63) is 92.8 Å². The Morgan fingerprint density at radius 3 is 2.61 bits per heavy atom. The Kier molecular flexibility index (Phi) is 10.4. The van der Waals surface area contributed by atoms with Crippen molar-refractivity contribution in [2.24, 2.45) is 0 Å². The van der Waals surface area contributed by atoms with E-state index in [1.54, 1.807) is 30.3 Å². The van der Waals surface area contributed by atoms with Crippen LogP contribution < -0.4 is 10.6 Å². The van der Waals surface area contributed by atoms with Crippen LogP contribution in [-0.2, 0) is 4.79 Å². The zero-order valence-electron chi connectivity index (χ0n) is 17.7. The standard InChI is InChI=1S/C24H22BrClN2O4S/c1-3-5-12-33-21(19(26)7-4-2)23(30)27-17-9-6-8-15(13-17)22(29)28-20-11-10-16(25)14-18(20)24(31)32/h3-6,8-11,13-14H,2,7,12H2,1H3,(H,27,30)(H,28,29)(H,31,32)/b5-3-,21-19+. The maximum atomic E-state index is 12.8. The summed E-state index contributed by atoms with van der Waals surface area (Å²) in [6.45, 7) is 5.54. The monoisotopic (exact) mass is 548 g/mol. The number of carbonyl (C=O) groups is 3. The number of allylic oxidation sites excluding steroid dienone is 3. The molecule has 3 N–H and O–H groups in total. The van der Waals surface area contributed by atoms with Crippen LogP contribution >= 0.6 is 39.3 Å². The predicted octanol–water partition coefficient (Wildman–Crippen LogP) is 6.67. The van der Waals surface area contributed by atoms with Crippen LogP contribution in [0.4, 0.5) is 11.4 Å². The summed E-state index contributed by atoms with van der Waals surface area (Å²) in [5.41, 5.74) is 0.754.